The van der Waals surface area contributed by atoms with Crippen molar-refractivity contribution in [2.24, 2.45) is 0 Å². The number of hydrogen-bond donors (Lipinski definition) is 1. The molecule has 0 aliphatic heterocycles. The van der Waals surface area contributed by atoms with Gasteiger partial charge in [-0.25, -0.2) is 0 Å². The fourth-order valence-electron chi connectivity index (χ4n) is 1.73. The van der Waals surface area contributed by atoms with E-state index in [0.29, 0.717) is 17.9 Å². The number of aromatic nitrogens is 1. The van der Waals surface area contributed by atoms with Gasteiger partial charge in [-0.3, -0.25) is 9.78 Å². The van der Waals surface area contributed by atoms with Crippen molar-refractivity contribution in [3.05, 3.63) is 54.4 Å². The summed E-state index contributed by atoms with van der Waals surface area (Å²) in [7, 11) is 0. The average Bonchev–Trinajstić information content (AvgIpc) is 2.45. The zero-order valence-electron chi connectivity index (χ0n) is 10.2. The van der Waals surface area contributed by atoms with Crippen molar-refractivity contribution in [3.63, 3.8) is 0 Å². The van der Waals surface area contributed by atoms with Gasteiger partial charge in [-0.15, -0.1) is 11.6 Å². The summed E-state index contributed by atoms with van der Waals surface area (Å²) >= 11 is 6.28. The fourth-order valence-corrected chi connectivity index (χ4v) is 2.00. The molecule has 1 unspecified atom stereocenters. The second-order valence-corrected chi connectivity index (χ2v) is 4.60. The molecule has 5 heteroatoms. The van der Waals surface area contributed by atoms with E-state index < -0.39 is 5.38 Å². The van der Waals surface area contributed by atoms with E-state index in [9.17, 15) is 4.79 Å². The summed E-state index contributed by atoms with van der Waals surface area (Å²) in [5.74, 6) is 0. The highest BCUT2D eigenvalue weighted by molar-refractivity contribution is 6.21. The van der Waals surface area contributed by atoms with Gasteiger partial charge in [-0.2, -0.15) is 0 Å². The third-order valence-corrected chi connectivity index (χ3v) is 3.06. The maximum Gasteiger partial charge on any atom is 0.214 e. The summed E-state index contributed by atoms with van der Waals surface area (Å²) in [6.45, 7) is 0.339. The smallest absolute Gasteiger partial charge is 0.214 e. The molecule has 2 aromatic rings. The third kappa shape index (κ3) is 3.45. The molecular formula is C14H14ClN3O. The number of pyridine rings is 1. The Bertz CT molecular complexity index is 547. The number of carbonyl (C=O) groups is 1. The predicted molar refractivity (Wildman–Crippen MR) is 77.1 cm³/mol. The van der Waals surface area contributed by atoms with Crippen LogP contribution in [0.3, 0.4) is 0 Å². The number of rotatable bonds is 5. The van der Waals surface area contributed by atoms with Gasteiger partial charge in [-0.05, 0) is 24.3 Å². The lowest BCUT2D eigenvalue weighted by atomic mass is 10.2. The highest BCUT2D eigenvalue weighted by Crippen LogP contribution is 2.23. The summed E-state index contributed by atoms with van der Waals surface area (Å²) in [4.78, 5) is 16.9. The number of amides is 1. The Hall–Kier alpha value is -2.07. The molecule has 0 saturated carbocycles. The molecule has 0 radical (unpaired) electrons. The Morgan fingerprint density at radius 3 is 2.68 bits per heavy atom. The Balaban J connectivity index is 2.13. The van der Waals surface area contributed by atoms with E-state index in [0.717, 1.165) is 12.1 Å². The molecule has 0 aliphatic carbocycles. The number of nitrogens with zero attached hydrogens (tertiary/aromatic N) is 2. The first-order valence-corrected chi connectivity index (χ1v) is 6.27. The van der Waals surface area contributed by atoms with Gasteiger partial charge in [0.2, 0.25) is 6.41 Å². The molecule has 98 valence electrons. The lowest BCUT2D eigenvalue weighted by molar-refractivity contribution is -0.107. The largest absolute Gasteiger partial charge is 0.399 e. The zero-order valence-corrected chi connectivity index (χ0v) is 11.0. The molecule has 0 saturated heterocycles. The first-order chi connectivity index (χ1) is 9.20. The minimum Gasteiger partial charge on any atom is -0.399 e. The van der Waals surface area contributed by atoms with Crippen LogP contribution in [0, 0.1) is 0 Å². The van der Waals surface area contributed by atoms with E-state index in [-0.39, 0.29) is 0 Å². The minimum atomic E-state index is -0.408. The maximum atomic E-state index is 11.2. The Kier molecular flexibility index (Phi) is 4.36. The molecule has 1 aromatic heterocycles. The molecule has 0 spiro atoms. The van der Waals surface area contributed by atoms with Crippen molar-refractivity contribution >= 4 is 29.4 Å². The van der Waals surface area contributed by atoms with Gasteiger partial charge >= 0.3 is 0 Å². The van der Waals surface area contributed by atoms with Crippen LogP contribution < -0.4 is 10.6 Å². The zero-order chi connectivity index (χ0) is 13.7. The van der Waals surface area contributed by atoms with Crippen LogP contribution in [0.25, 0.3) is 0 Å². The number of alkyl halides is 1. The fraction of sp³-hybridized carbons (Fsp3) is 0.143. The molecule has 0 bridgehead atoms. The van der Waals surface area contributed by atoms with E-state index >= 15 is 0 Å². The van der Waals surface area contributed by atoms with Crippen LogP contribution in [-0.2, 0) is 4.79 Å². The molecule has 19 heavy (non-hydrogen) atoms. The van der Waals surface area contributed by atoms with Gasteiger partial charge in [0.1, 0.15) is 0 Å². The minimum absolute atomic E-state index is 0.339. The molecule has 1 amide bonds. The van der Waals surface area contributed by atoms with Crippen LogP contribution in [-0.4, -0.2) is 17.9 Å². The topological polar surface area (TPSA) is 59.2 Å². The number of benzene rings is 1. The normalized spacial score (nSPS) is 11.8. The van der Waals surface area contributed by atoms with E-state index in [1.165, 1.54) is 0 Å². The monoisotopic (exact) mass is 275 g/mol. The molecule has 1 heterocycles. The van der Waals surface area contributed by atoms with E-state index in [2.05, 4.69) is 4.98 Å². The Morgan fingerprint density at radius 1 is 1.32 bits per heavy atom. The van der Waals surface area contributed by atoms with Gasteiger partial charge < -0.3 is 10.6 Å². The first kappa shape index (κ1) is 13.4. The van der Waals surface area contributed by atoms with Crippen molar-refractivity contribution in [2.45, 2.75) is 5.38 Å². The number of para-hydroxylation sites is 1. The van der Waals surface area contributed by atoms with Gasteiger partial charge in [0, 0.05) is 24.1 Å². The number of hydrogen-bond acceptors (Lipinski definition) is 3. The van der Waals surface area contributed by atoms with Crippen LogP contribution in [0.5, 0.6) is 0 Å². The molecule has 2 rings (SSSR count). The summed E-state index contributed by atoms with van der Waals surface area (Å²) in [6.07, 6.45) is 2.37. The highest BCUT2D eigenvalue weighted by Gasteiger charge is 2.15. The van der Waals surface area contributed by atoms with Crippen LogP contribution in [0.4, 0.5) is 11.4 Å². The molecule has 1 aromatic carbocycles. The highest BCUT2D eigenvalue weighted by atomic mass is 35.5. The second kappa shape index (κ2) is 6.20. The van der Waals surface area contributed by atoms with Gasteiger partial charge in [-0.1, -0.05) is 18.2 Å². The second-order valence-electron chi connectivity index (χ2n) is 4.07. The molecule has 2 N–H and O–H groups in total. The molecule has 4 nitrogen and oxygen atoms in total. The maximum absolute atomic E-state index is 11.2. The summed E-state index contributed by atoms with van der Waals surface area (Å²) < 4.78 is 0. The van der Waals surface area contributed by atoms with Gasteiger partial charge in [0.05, 0.1) is 11.1 Å². The third-order valence-electron chi connectivity index (χ3n) is 2.70. The summed E-state index contributed by atoms with van der Waals surface area (Å²) in [5.41, 5.74) is 7.75. The standard InChI is InChI=1S/C14H14ClN3O/c15-13(14-8-11(16)6-7-17-14)9-18(10-19)12-4-2-1-3-5-12/h1-8,10,13H,9H2,(H2,16,17). The van der Waals surface area contributed by atoms with Crippen molar-refractivity contribution < 1.29 is 4.79 Å². The Morgan fingerprint density at radius 2 is 2.05 bits per heavy atom. The molecule has 1 atom stereocenters. The van der Waals surface area contributed by atoms with Crippen LogP contribution in [0.1, 0.15) is 11.1 Å². The lowest BCUT2D eigenvalue weighted by Crippen LogP contribution is -2.25. The summed E-state index contributed by atoms with van der Waals surface area (Å²) in [5, 5.41) is -0.408. The summed E-state index contributed by atoms with van der Waals surface area (Å²) in [6, 6.07) is 12.7. The number of nitrogen functional groups attached to an aromatic ring is 1. The molecular weight excluding hydrogens is 262 g/mol. The SMILES string of the molecule is Nc1ccnc(C(Cl)CN(C=O)c2ccccc2)c1. The van der Waals surface area contributed by atoms with Crippen molar-refractivity contribution in [3.8, 4) is 0 Å². The van der Waals surface area contributed by atoms with E-state index in [1.54, 1.807) is 23.2 Å². The number of anilines is 2. The van der Waals surface area contributed by atoms with E-state index in [4.69, 9.17) is 17.3 Å². The van der Waals surface area contributed by atoms with E-state index in [1.807, 2.05) is 30.3 Å². The van der Waals surface area contributed by atoms with Gasteiger partial charge in [0.25, 0.3) is 0 Å². The predicted octanol–water partition coefficient (Wildman–Crippen LogP) is 2.61. The lowest BCUT2D eigenvalue weighted by Gasteiger charge is -2.20. The first-order valence-electron chi connectivity index (χ1n) is 5.83. The van der Waals surface area contributed by atoms with Gasteiger partial charge in [0.15, 0.2) is 0 Å². The molecule has 0 fully saturated rings. The average molecular weight is 276 g/mol. The van der Waals surface area contributed by atoms with Crippen LogP contribution in [0.2, 0.25) is 0 Å². The quantitative estimate of drug-likeness (QED) is 0.674. The number of carbonyl (C=O) groups excluding carboxylic acids is 1. The van der Waals surface area contributed by atoms with Crippen molar-refractivity contribution in [1.29, 1.82) is 0 Å². The number of nitrogens with two attached hydrogens (primary N) is 1. The molecule has 0 aliphatic rings. The Labute approximate surface area is 116 Å². The van der Waals surface area contributed by atoms with Crippen LogP contribution >= 0.6 is 11.6 Å². The number of halogens is 1. The van der Waals surface area contributed by atoms with Crippen LogP contribution in [0.15, 0.2) is 48.7 Å². The van der Waals surface area contributed by atoms with Crippen molar-refractivity contribution in [2.75, 3.05) is 17.2 Å². The van der Waals surface area contributed by atoms with Crippen molar-refractivity contribution in [1.82, 2.24) is 4.98 Å².